The zero-order valence-electron chi connectivity index (χ0n) is 33.7. The van der Waals surface area contributed by atoms with Crippen molar-refractivity contribution in [1.82, 2.24) is 25.2 Å². The van der Waals surface area contributed by atoms with Crippen LogP contribution in [0.15, 0.2) is 72.1 Å². The molecule has 4 amide bonds. The summed E-state index contributed by atoms with van der Waals surface area (Å²) in [5, 5.41) is 5.41. The van der Waals surface area contributed by atoms with E-state index < -0.39 is 51.3 Å². The summed E-state index contributed by atoms with van der Waals surface area (Å²) in [6.45, 7) is 5.95. The summed E-state index contributed by atoms with van der Waals surface area (Å²) < 4.78 is 38.2. The molecule has 0 radical (unpaired) electrons. The molecule has 4 atom stereocenters. The second-order valence-electron chi connectivity index (χ2n) is 15.9. The van der Waals surface area contributed by atoms with E-state index in [0.29, 0.717) is 61.0 Å². The normalized spacial score (nSPS) is 18.8. The van der Waals surface area contributed by atoms with Gasteiger partial charge in [0.2, 0.25) is 21.8 Å². The third-order valence-corrected chi connectivity index (χ3v) is 13.2. The quantitative estimate of drug-likeness (QED) is 0.126. The van der Waals surface area contributed by atoms with Crippen molar-refractivity contribution in [3.05, 3.63) is 83.0 Å². The number of hydrogen-bond donors (Lipinski definition) is 4. The van der Waals surface area contributed by atoms with Crippen LogP contribution in [0.2, 0.25) is 0 Å². The molecule has 1 saturated heterocycles. The molecule has 6 rings (SSSR count). The zero-order chi connectivity index (χ0) is 42.1. The largest absolute Gasteiger partial charge is 0.496 e. The van der Waals surface area contributed by atoms with Gasteiger partial charge in [-0.15, -0.1) is 6.58 Å². The standard InChI is InChI=1S/C44H55N5O9S/c1-4-13-34(41(51)48-59(55,56)32-21-22-32)46-42(52)37-20-12-23-49(37)43(53)40(30-17-9-6-10-18-30)47-44(54)58-27-28(2)14-11-19-31-24-33-36(26-39(31)57-3)45-35(25-38(33)50)29-15-7-5-8-16-29/h4-5,7-8,11,15-16,19,24-26,28,30,32,34,37,40H,1,6,9-10,12-14,17-18,20-23,27H2,2-3H3,(H,45,50)(H,46,52)(H,47,54)(H,48,51)/b19-11+/t28?,34?,37-,40-/m0/s1. The average molecular weight is 830 g/mol. The number of pyridine rings is 1. The van der Waals surface area contributed by atoms with Gasteiger partial charge in [0.1, 0.15) is 23.9 Å². The first-order valence-corrected chi connectivity index (χ1v) is 22.1. The van der Waals surface area contributed by atoms with Crippen LogP contribution < -0.4 is 25.5 Å². The fourth-order valence-corrected chi connectivity index (χ4v) is 9.27. The number of likely N-dealkylation sites (tertiary alicyclic amines) is 1. The minimum atomic E-state index is -3.83. The van der Waals surface area contributed by atoms with E-state index in [1.165, 1.54) is 11.0 Å². The topological polar surface area (TPSA) is 193 Å². The predicted octanol–water partition coefficient (Wildman–Crippen LogP) is 5.58. The van der Waals surface area contributed by atoms with Crippen molar-refractivity contribution in [3.8, 4) is 17.0 Å². The average Bonchev–Trinajstić information content (AvgIpc) is 3.99. The fraction of sp³-hybridized carbons (Fsp3) is 0.477. The van der Waals surface area contributed by atoms with E-state index >= 15 is 0 Å². The zero-order valence-corrected chi connectivity index (χ0v) is 34.6. The monoisotopic (exact) mass is 829 g/mol. The van der Waals surface area contributed by atoms with Gasteiger partial charge in [0.25, 0.3) is 5.91 Å². The van der Waals surface area contributed by atoms with Crippen LogP contribution in [0.3, 0.4) is 0 Å². The molecule has 316 valence electrons. The number of ether oxygens (including phenoxy) is 2. The van der Waals surface area contributed by atoms with Crippen molar-refractivity contribution in [2.45, 2.75) is 101 Å². The number of allylic oxidation sites excluding steroid dienone is 1. The minimum absolute atomic E-state index is 0.000237. The lowest BCUT2D eigenvalue weighted by Gasteiger charge is -2.34. The molecule has 59 heavy (non-hydrogen) atoms. The molecule has 2 unspecified atom stereocenters. The number of methoxy groups -OCH3 is 1. The lowest BCUT2D eigenvalue weighted by atomic mass is 9.83. The Hall–Kier alpha value is -5.44. The highest BCUT2D eigenvalue weighted by molar-refractivity contribution is 7.90. The maximum absolute atomic E-state index is 14.2. The number of nitrogens with one attached hydrogen (secondary N) is 4. The first-order chi connectivity index (χ1) is 28.4. The number of sulfonamides is 1. The van der Waals surface area contributed by atoms with Crippen molar-refractivity contribution < 1.29 is 37.1 Å². The summed E-state index contributed by atoms with van der Waals surface area (Å²) >= 11 is 0. The third kappa shape index (κ3) is 11.0. The van der Waals surface area contributed by atoms with Crippen molar-refractivity contribution in [2.75, 3.05) is 20.3 Å². The first kappa shape index (κ1) is 43.1. The van der Waals surface area contributed by atoms with Crippen molar-refractivity contribution >= 4 is 50.8 Å². The molecule has 3 aliphatic rings. The van der Waals surface area contributed by atoms with Crippen LogP contribution in [0.4, 0.5) is 4.79 Å². The summed E-state index contributed by atoms with van der Waals surface area (Å²) in [6, 6.07) is 11.8. The van der Waals surface area contributed by atoms with Gasteiger partial charge in [0.15, 0.2) is 5.43 Å². The maximum Gasteiger partial charge on any atom is 0.407 e. The lowest BCUT2D eigenvalue weighted by Crippen LogP contribution is -2.58. The van der Waals surface area contributed by atoms with E-state index in [1.807, 2.05) is 55.5 Å². The Labute approximate surface area is 345 Å². The molecule has 2 aromatic carbocycles. The Balaban J connectivity index is 1.06. The molecule has 4 N–H and O–H groups in total. The SMILES string of the molecule is C=CCC(NC(=O)[C@@H]1CCCN1C(=O)[C@@H](NC(=O)OCC(C)C/C=C/c1cc2c(=O)cc(-c3ccccc3)[nH]c2cc1OC)C1CCCCC1)C(=O)NS(=O)(=O)C1CC1. The number of H-pyrrole nitrogens is 1. The van der Waals surface area contributed by atoms with Crippen LogP contribution in [0.1, 0.15) is 83.1 Å². The molecule has 14 nitrogen and oxygen atoms in total. The highest BCUT2D eigenvalue weighted by atomic mass is 32.2. The molecule has 0 spiro atoms. The third-order valence-electron chi connectivity index (χ3n) is 11.3. The van der Waals surface area contributed by atoms with Gasteiger partial charge in [0, 0.05) is 35.3 Å². The number of hydrogen-bond acceptors (Lipinski definition) is 9. The molecule has 3 fully saturated rings. The molecule has 0 bridgehead atoms. The van der Waals surface area contributed by atoms with Gasteiger partial charge < -0.3 is 30.0 Å². The summed E-state index contributed by atoms with van der Waals surface area (Å²) in [4.78, 5) is 72.0. The number of alkyl carbamates (subject to hydrolysis) is 1. The number of carbonyl (C=O) groups is 4. The number of benzene rings is 2. The number of nitrogens with zero attached hydrogens (tertiary/aromatic N) is 1. The van der Waals surface area contributed by atoms with Crippen LogP contribution in [-0.2, 0) is 29.1 Å². The highest BCUT2D eigenvalue weighted by Crippen LogP contribution is 2.31. The van der Waals surface area contributed by atoms with E-state index in [4.69, 9.17) is 9.47 Å². The van der Waals surface area contributed by atoms with Crippen LogP contribution in [-0.4, -0.2) is 85.8 Å². The molecule has 2 saturated carbocycles. The maximum atomic E-state index is 14.2. The Kier molecular flexibility index (Phi) is 14.3. The summed E-state index contributed by atoms with van der Waals surface area (Å²) in [5.41, 5.74) is 2.89. The lowest BCUT2D eigenvalue weighted by molar-refractivity contribution is -0.141. The predicted molar refractivity (Wildman–Crippen MR) is 226 cm³/mol. The van der Waals surface area contributed by atoms with E-state index in [0.717, 1.165) is 43.2 Å². The molecule has 15 heteroatoms. The number of rotatable bonds is 17. The molecular formula is C44H55N5O9S. The summed E-state index contributed by atoms with van der Waals surface area (Å²) in [7, 11) is -2.26. The Bertz CT molecular complexity index is 2210. The van der Waals surface area contributed by atoms with E-state index in [-0.39, 0.29) is 36.2 Å². The Morgan fingerprint density at radius 1 is 0.966 bits per heavy atom. The summed E-state index contributed by atoms with van der Waals surface area (Å²) in [6.07, 6.45) is 11.2. The molecule has 1 aromatic heterocycles. The number of aromatic nitrogens is 1. The smallest absolute Gasteiger partial charge is 0.407 e. The van der Waals surface area contributed by atoms with Crippen molar-refractivity contribution in [2.24, 2.45) is 11.8 Å². The van der Waals surface area contributed by atoms with Gasteiger partial charge in [-0.05, 0) is 74.8 Å². The van der Waals surface area contributed by atoms with E-state index in [9.17, 15) is 32.4 Å². The number of aromatic amines is 1. The summed E-state index contributed by atoms with van der Waals surface area (Å²) in [5.74, 6) is -1.44. The molecule has 3 aromatic rings. The van der Waals surface area contributed by atoms with Gasteiger partial charge in [-0.2, -0.15) is 0 Å². The highest BCUT2D eigenvalue weighted by Gasteiger charge is 2.42. The van der Waals surface area contributed by atoms with Crippen LogP contribution >= 0.6 is 0 Å². The Morgan fingerprint density at radius 3 is 2.41 bits per heavy atom. The molecule has 2 aliphatic carbocycles. The number of carbonyl (C=O) groups excluding carboxylic acids is 4. The number of fused-ring (bicyclic) bond motifs is 1. The van der Waals surface area contributed by atoms with Gasteiger partial charge in [0.05, 0.1) is 24.5 Å². The minimum Gasteiger partial charge on any atom is -0.496 e. The van der Waals surface area contributed by atoms with Crippen LogP contribution in [0.25, 0.3) is 28.2 Å². The van der Waals surface area contributed by atoms with Crippen molar-refractivity contribution in [1.29, 1.82) is 0 Å². The molecule has 2 heterocycles. The van der Waals surface area contributed by atoms with Gasteiger partial charge >= 0.3 is 6.09 Å². The first-order valence-electron chi connectivity index (χ1n) is 20.6. The van der Waals surface area contributed by atoms with Crippen molar-refractivity contribution in [3.63, 3.8) is 0 Å². The van der Waals surface area contributed by atoms with Crippen LogP contribution in [0, 0.1) is 11.8 Å². The van der Waals surface area contributed by atoms with E-state index in [1.54, 1.807) is 19.2 Å². The van der Waals surface area contributed by atoms with Crippen LogP contribution in [0.5, 0.6) is 5.75 Å². The molecular weight excluding hydrogens is 775 g/mol. The van der Waals surface area contributed by atoms with Gasteiger partial charge in [-0.25, -0.2) is 13.2 Å². The number of amides is 4. The van der Waals surface area contributed by atoms with E-state index in [2.05, 4.69) is 26.9 Å². The second-order valence-corrected chi connectivity index (χ2v) is 17.9. The second kappa shape index (κ2) is 19.5. The molecule has 1 aliphatic heterocycles. The van der Waals surface area contributed by atoms with Gasteiger partial charge in [-0.1, -0.05) is 74.7 Å². The Morgan fingerprint density at radius 2 is 1.71 bits per heavy atom. The van der Waals surface area contributed by atoms with Gasteiger partial charge in [-0.3, -0.25) is 23.9 Å². The fourth-order valence-electron chi connectivity index (χ4n) is 7.93.